The number of aromatic nitrogens is 4. The van der Waals surface area contributed by atoms with Crippen LogP contribution in [0, 0.1) is 5.92 Å². The van der Waals surface area contributed by atoms with Gasteiger partial charge in [-0.2, -0.15) is 0 Å². The van der Waals surface area contributed by atoms with Gasteiger partial charge in [-0.25, -0.2) is 14.4 Å². The molecule has 35 heavy (non-hydrogen) atoms. The minimum atomic E-state index is -0.412. The summed E-state index contributed by atoms with van der Waals surface area (Å²) in [5.74, 6) is -0.383. The Hall–Kier alpha value is -3.78. The summed E-state index contributed by atoms with van der Waals surface area (Å²) in [6.45, 7) is 0. The average molecular weight is 487 g/mol. The topological polar surface area (TPSA) is 93.0 Å². The second-order valence-electron chi connectivity index (χ2n) is 9.17. The van der Waals surface area contributed by atoms with E-state index >= 15 is 0 Å². The van der Waals surface area contributed by atoms with E-state index in [1.54, 1.807) is 23.3 Å². The number of pyridine rings is 1. The maximum absolute atomic E-state index is 13.6. The molecule has 1 N–H and O–H groups in total. The molecule has 2 aromatic carbocycles. The van der Waals surface area contributed by atoms with Gasteiger partial charge < -0.3 is 5.32 Å². The van der Waals surface area contributed by atoms with E-state index in [0.29, 0.717) is 23.6 Å². The molecule has 176 valence electrons. The third-order valence-electron chi connectivity index (χ3n) is 7.24. The molecule has 6 rings (SSSR count). The van der Waals surface area contributed by atoms with Crippen molar-refractivity contribution in [1.82, 2.24) is 25.3 Å². The first kappa shape index (κ1) is 21.7. The fourth-order valence-corrected chi connectivity index (χ4v) is 5.92. The van der Waals surface area contributed by atoms with Crippen LogP contribution in [0.15, 0.2) is 61.1 Å². The highest BCUT2D eigenvalue weighted by Gasteiger charge is 2.46. The number of aryl methyl sites for hydroxylation is 1. The second kappa shape index (κ2) is 8.46. The van der Waals surface area contributed by atoms with Crippen LogP contribution < -0.4 is 10.2 Å². The predicted octanol–water partition coefficient (Wildman–Crippen LogP) is 4.69. The first-order chi connectivity index (χ1) is 17.0. The Labute approximate surface area is 206 Å². The second-order valence-corrected chi connectivity index (χ2v) is 9.58. The molecule has 4 aromatic rings. The third-order valence-corrected chi connectivity index (χ3v) is 7.57. The van der Waals surface area contributed by atoms with E-state index in [-0.39, 0.29) is 23.8 Å². The molecule has 2 aliphatic rings. The minimum absolute atomic E-state index is 0.0914. The Balaban J connectivity index is 1.31. The molecule has 1 aliphatic carbocycles. The number of carbonyl (C=O) groups is 2. The summed E-state index contributed by atoms with van der Waals surface area (Å²) < 4.78 is 1.72. The molecule has 2 fully saturated rings. The van der Waals surface area contributed by atoms with Crippen LogP contribution >= 0.6 is 11.6 Å². The van der Waals surface area contributed by atoms with Gasteiger partial charge in [-0.05, 0) is 36.8 Å². The molecule has 8 nitrogen and oxygen atoms in total. The summed E-state index contributed by atoms with van der Waals surface area (Å²) in [4.78, 5) is 32.4. The van der Waals surface area contributed by atoms with Gasteiger partial charge in [-0.15, -0.1) is 5.10 Å². The van der Waals surface area contributed by atoms with Gasteiger partial charge in [0.2, 0.25) is 5.91 Å². The Morgan fingerprint density at radius 2 is 1.89 bits per heavy atom. The highest BCUT2D eigenvalue weighted by molar-refractivity contribution is 6.31. The van der Waals surface area contributed by atoms with E-state index in [2.05, 4.69) is 20.6 Å². The van der Waals surface area contributed by atoms with Crippen LogP contribution in [-0.2, 0) is 11.8 Å². The van der Waals surface area contributed by atoms with Crippen LogP contribution in [0.5, 0.6) is 0 Å². The Bertz CT molecular complexity index is 1460. The smallest absolute Gasteiger partial charge is 0.329 e. The molecule has 0 bridgehead atoms. The SMILES string of the molecule is Cn1nncc1-c1cccc(Cl)c1C1CCC2C(=O)N(c3cncc4ccccc34)C(=O)NC2C1. The highest BCUT2D eigenvalue weighted by Crippen LogP contribution is 2.45. The lowest BCUT2D eigenvalue weighted by molar-refractivity contribution is -0.124. The first-order valence-corrected chi connectivity index (χ1v) is 12.0. The van der Waals surface area contributed by atoms with E-state index < -0.39 is 6.03 Å². The lowest BCUT2D eigenvalue weighted by atomic mass is 9.73. The van der Waals surface area contributed by atoms with E-state index in [1.165, 1.54) is 4.90 Å². The van der Waals surface area contributed by atoms with Crippen molar-refractivity contribution in [3.8, 4) is 11.3 Å². The summed E-state index contributed by atoms with van der Waals surface area (Å²) in [7, 11) is 1.85. The van der Waals surface area contributed by atoms with Crippen LogP contribution in [-0.4, -0.2) is 38.0 Å². The summed E-state index contributed by atoms with van der Waals surface area (Å²) in [6.07, 6.45) is 7.11. The highest BCUT2D eigenvalue weighted by atomic mass is 35.5. The van der Waals surface area contributed by atoms with Crippen LogP contribution in [0.2, 0.25) is 5.02 Å². The number of nitrogens with one attached hydrogen (secondary N) is 1. The van der Waals surface area contributed by atoms with Gasteiger partial charge in [0, 0.05) is 40.6 Å². The number of benzene rings is 2. The van der Waals surface area contributed by atoms with Crippen LogP contribution in [0.25, 0.3) is 22.0 Å². The first-order valence-electron chi connectivity index (χ1n) is 11.6. The molecular formula is C26H23ClN6O2. The Kier molecular flexibility index (Phi) is 5.25. The fraction of sp³-hybridized carbons (Fsp3) is 0.269. The molecule has 0 radical (unpaired) electrons. The van der Waals surface area contributed by atoms with Gasteiger partial charge in [-0.3, -0.25) is 9.78 Å². The van der Waals surface area contributed by atoms with Crippen molar-refractivity contribution in [2.24, 2.45) is 13.0 Å². The Morgan fingerprint density at radius 3 is 2.71 bits per heavy atom. The lowest BCUT2D eigenvalue weighted by Crippen LogP contribution is -2.61. The molecular weight excluding hydrogens is 464 g/mol. The number of urea groups is 1. The zero-order valence-corrected chi connectivity index (χ0v) is 19.8. The monoisotopic (exact) mass is 486 g/mol. The van der Waals surface area contributed by atoms with Gasteiger partial charge in [0.05, 0.1) is 29.7 Å². The normalized spacial score (nSPS) is 22.2. The molecule has 2 aromatic heterocycles. The number of hydrogen-bond donors (Lipinski definition) is 1. The van der Waals surface area contributed by atoms with Crippen molar-refractivity contribution in [2.45, 2.75) is 31.2 Å². The average Bonchev–Trinajstić information content (AvgIpc) is 3.29. The molecule has 1 saturated carbocycles. The van der Waals surface area contributed by atoms with Crippen molar-refractivity contribution < 1.29 is 9.59 Å². The van der Waals surface area contributed by atoms with Crippen molar-refractivity contribution >= 4 is 40.0 Å². The number of amides is 3. The molecule has 1 aliphatic heterocycles. The summed E-state index contributed by atoms with van der Waals surface area (Å²) in [6, 6.07) is 12.8. The number of fused-ring (bicyclic) bond motifs is 2. The predicted molar refractivity (Wildman–Crippen MR) is 133 cm³/mol. The van der Waals surface area contributed by atoms with E-state index in [0.717, 1.165) is 34.0 Å². The van der Waals surface area contributed by atoms with Crippen molar-refractivity contribution in [1.29, 1.82) is 0 Å². The van der Waals surface area contributed by atoms with Crippen LogP contribution in [0.3, 0.4) is 0 Å². The van der Waals surface area contributed by atoms with Crippen LogP contribution in [0.4, 0.5) is 10.5 Å². The number of halogens is 1. The standard InChI is InChI=1S/C26H23ClN6O2/c1-32-22(14-29-31-32)19-7-4-8-20(27)24(19)15-9-10-18-21(11-15)30-26(35)33(25(18)34)23-13-28-12-16-5-2-3-6-17(16)23/h2-8,12-15,18,21H,9-11H2,1H3,(H,30,35). The maximum Gasteiger partial charge on any atom is 0.329 e. The maximum atomic E-state index is 13.6. The van der Waals surface area contributed by atoms with Crippen molar-refractivity contribution in [2.75, 3.05) is 4.90 Å². The lowest BCUT2D eigenvalue weighted by Gasteiger charge is -2.43. The number of rotatable bonds is 3. The van der Waals surface area contributed by atoms with Crippen molar-refractivity contribution in [3.63, 3.8) is 0 Å². The summed E-state index contributed by atoms with van der Waals surface area (Å²) in [5, 5.41) is 13.6. The van der Waals surface area contributed by atoms with E-state index in [1.807, 2.05) is 49.5 Å². The number of anilines is 1. The molecule has 1 saturated heterocycles. The van der Waals surface area contributed by atoms with E-state index in [9.17, 15) is 9.59 Å². The van der Waals surface area contributed by atoms with Crippen molar-refractivity contribution in [3.05, 3.63) is 71.6 Å². The molecule has 3 amide bonds. The quantitative estimate of drug-likeness (QED) is 0.453. The van der Waals surface area contributed by atoms with Gasteiger partial charge in [0.1, 0.15) is 0 Å². The summed E-state index contributed by atoms with van der Waals surface area (Å²) >= 11 is 6.70. The molecule has 3 heterocycles. The number of carbonyl (C=O) groups excluding carboxylic acids is 2. The zero-order chi connectivity index (χ0) is 24.1. The third kappa shape index (κ3) is 3.56. The Morgan fingerprint density at radius 1 is 1.03 bits per heavy atom. The fourth-order valence-electron chi connectivity index (χ4n) is 5.59. The molecule has 3 unspecified atom stereocenters. The number of imide groups is 1. The van der Waals surface area contributed by atoms with Gasteiger partial charge in [0.25, 0.3) is 0 Å². The largest absolute Gasteiger partial charge is 0.334 e. The summed E-state index contributed by atoms with van der Waals surface area (Å²) in [5.41, 5.74) is 3.39. The number of nitrogens with zero attached hydrogens (tertiary/aromatic N) is 5. The molecule has 9 heteroatoms. The minimum Gasteiger partial charge on any atom is -0.334 e. The van der Waals surface area contributed by atoms with E-state index in [4.69, 9.17) is 11.6 Å². The van der Waals surface area contributed by atoms with Crippen LogP contribution in [0.1, 0.15) is 30.7 Å². The van der Waals surface area contributed by atoms with Gasteiger partial charge in [-0.1, -0.05) is 53.2 Å². The number of hydrogen-bond acceptors (Lipinski definition) is 5. The van der Waals surface area contributed by atoms with Gasteiger partial charge >= 0.3 is 6.03 Å². The molecule has 3 atom stereocenters. The van der Waals surface area contributed by atoms with Gasteiger partial charge in [0.15, 0.2) is 0 Å². The zero-order valence-electron chi connectivity index (χ0n) is 19.1. The molecule has 0 spiro atoms.